The van der Waals surface area contributed by atoms with Gasteiger partial charge in [-0.1, -0.05) is 39.2 Å². The van der Waals surface area contributed by atoms with Gasteiger partial charge in [-0.3, -0.25) is 4.79 Å². The fraction of sp³-hybridized carbons (Fsp3) is 0.682. The number of fused-ring (bicyclic) bond motifs is 1. The Labute approximate surface area is 152 Å². The Morgan fingerprint density at radius 3 is 2.48 bits per heavy atom. The minimum Gasteiger partial charge on any atom is -0.493 e. The predicted molar refractivity (Wildman–Crippen MR) is 100 cm³/mol. The van der Waals surface area contributed by atoms with Crippen LogP contribution in [-0.4, -0.2) is 20.0 Å². The first kappa shape index (κ1) is 18.3. The highest BCUT2D eigenvalue weighted by atomic mass is 16.5. The topological polar surface area (TPSA) is 35.5 Å². The Bertz CT molecular complexity index is 624. The molecule has 0 saturated heterocycles. The highest BCUT2D eigenvalue weighted by Crippen LogP contribution is 2.54. The molecular weight excluding hydrogens is 312 g/mol. The summed E-state index contributed by atoms with van der Waals surface area (Å²) in [5, 5.41) is 0. The molecule has 0 bridgehead atoms. The second-order valence-electron chi connectivity index (χ2n) is 8.23. The molecule has 4 atom stereocenters. The van der Waals surface area contributed by atoms with Crippen LogP contribution in [0.3, 0.4) is 0 Å². The van der Waals surface area contributed by atoms with Crippen molar-refractivity contribution in [2.24, 2.45) is 17.8 Å². The van der Waals surface area contributed by atoms with Gasteiger partial charge in [-0.2, -0.15) is 0 Å². The van der Waals surface area contributed by atoms with E-state index in [4.69, 9.17) is 9.47 Å². The van der Waals surface area contributed by atoms with E-state index in [2.05, 4.69) is 26.0 Å². The third-order valence-electron chi connectivity index (χ3n) is 6.83. The molecule has 3 heteroatoms. The molecule has 0 radical (unpaired) electrons. The lowest BCUT2D eigenvalue weighted by molar-refractivity contribution is -0.126. The number of hydrogen-bond donors (Lipinski definition) is 0. The van der Waals surface area contributed by atoms with E-state index >= 15 is 0 Å². The molecule has 3 nitrogen and oxygen atoms in total. The monoisotopic (exact) mass is 344 g/mol. The Kier molecular flexibility index (Phi) is 5.41. The molecule has 2 aliphatic rings. The van der Waals surface area contributed by atoms with Crippen molar-refractivity contribution in [2.45, 2.75) is 64.2 Å². The van der Waals surface area contributed by atoms with Crippen LogP contribution in [-0.2, 0) is 10.2 Å². The second-order valence-corrected chi connectivity index (χ2v) is 8.23. The summed E-state index contributed by atoms with van der Waals surface area (Å²) in [7, 11) is 3.38. The van der Waals surface area contributed by atoms with Gasteiger partial charge in [0, 0.05) is 18.3 Å². The van der Waals surface area contributed by atoms with Crippen molar-refractivity contribution >= 4 is 5.78 Å². The highest BCUT2D eigenvalue weighted by molar-refractivity contribution is 5.80. The third kappa shape index (κ3) is 3.30. The van der Waals surface area contributed by atoms with Crippen LogP contribution >= 0.6 is 0 Å². The SMILES string of the molecule is COc1ccc([C@]23CCCC(C)CCC2CC(=O)CC3C)cc1OC. The molecule has 25 heavy (non-hydrogen) atoms. The van der Waals surface area contributed by atoms with Gasteiger partial charge in [0.25, 0.3) is 0 Å². The van der Waals surface area contributed by atoms with Gasteiger partial charge in [0.1, 0.15) is 5.78 Å². The van der Waals surface area contributed by atoms with Crippen LogP contribution in [0.4, 0.5) is 0 Å². The van der Waals surface area contributed by atoms with Crippen molar-refractivity contribution in [1.82, 2.24) is 0 Å². The average molecular weight is 344 g/mol. The number of carbonyl (C=O) groups is 1. The zero-order chi connectivity index (χ0) is 18.0. The van der Waals surface area contributed by atoms with E-state index in [-0.39, 0.29) is 5.41 Å². The summed E-state index contributed by atoms with van der Waals surface area (Å²) in [4.78, 5) is 12.4. The molecule has 0 amide bonds. The average Bonchev–Trinajstić information content (AvgIpc) is 2.59. The molecule has 3 unspecified atom stereocenters. The molecule has 0 N–H and O–H groups in total. The first-order valence-electron chi connectivity index (χ1n) is 9.75. The molecule has 2 aliphatic carbocycles. The fourth-order valence-corrected chi connectivity index (χ4v) is 5.44. The van der Waals surface area contributed by atoms with Crippen molar-refractivity contribution in [2.75, 3.05) is 14.2 Å². The summed E-state index contributed by atoms with van der Waals surface area (Å²) in [6.45, 7) is 4.64. The number of ketones is 1. The molecule has 2 fully saturated rings. The Morgan fingerprint density at radius 1 is 1.00 bits per heavy atom. The van der Waals surface area contributed by atoms with Gasteiger partial charge in [0.15, 0.2) is 11.5 Å². The molecular formula is C22H32O3. The second kappa shape index (κ2) is 7.39. The van der Waals surface area contributed by atoms with E-state index in [1.807, 2.05) is 6.07 Å². The van der Waals surface area contributed by atoms with Crippen LogP contribution < -0.4 is 9.47 Å². The smallest absolute Gasteiger partial charge is 0.161 e. The molecule has 138 valence electrons. The van der Waals surface area contributed by atoms with Crippen LogP contribution in [0, 0.1) is 17.8 Å². The summed E-state index contributed by atoms with van der Waals surface area (Å²) in [6, 6.07) is 6.42. The molecule has 1 aromatic rings. The molecule has 1 aromatic carbocycles. The van der Waals surface area contributed by atoms with E-state index in [9.17, 15) is 4.79 Å². The molecule has 0 aliphatic heterocycles. The maximum absolute atomic E-state index is 12.4. The Hall–Kier alpha value is -1.51. The largest absolute Gasteiger partial charge is 0.493 e. The van der Waals surface area contributed by atoms with Crippen LogP contribution in [0.25, 0.3) is 0 Å². The first-order valence-corrected chi connectivity index (χ1v) is 9.75. The van der Waals surface area contributed by atoms with E-state index in [0.717, 1.165) is 30.3 Å². The lowest BCUT2D eigenvalue weighted by Crippen LogP contribution is -2.47. The number of methoxy groups -OCH3 is 2. The molecule has 0 aromatic heterocycles. The van der Waals surface area contributed by atoms with E-state index in [1.165, 1.54) is 31.2 Å². The van der Waals surface area contributed by atoms with E-state index in [1.54, 1.807) is 14.2 Å². The standard InChI is InChI=1S/C22H32O3/c1-15-6-5-11-22(16(2)12-19(23)13-17(22)8-7-15)18-9-10-20(24-3)21(14-18)25-4/h9-10,14-17H,5-8,11-13H2,1-4H3/t15?,16?,17?,22-/m0/s1. The lowest BCUT2D eigenvalue weighted by Gasteiger charge is -2.50. The van der Waals surface area contributed by atoms with Crippen molar-refractivity contribution in [3.05, 3.63) is 23.8 Å². The summed E-state index contributed by atoms with van der Waals surface area (Å²) >= 11 is 0. The van der Waals surface area contributed by atoms with Gasteiger partial charge in [-0.25, -0.2) is 0 Å². The Morgan fingerprint density at radius 2 is 1.76 bits per heavy atom. The summed E-state index contributed by atoms with van der Waals surface area (Å²) in [5.74, 6) is 3.62. The summed E-state index contributed by atoms with van der Waals surface area (Å²) in [5.41, 5.74) is 1.43. The van der Waals surface area contributed by atoms with Gasteiger partial charge in [-0.15, -0.1) is 0 Å². The molecule has 3 rings (SSSR count). The zero-order valence-electron chi connectivity index (χ0n) is 16.1. The first-order chi connectivity index (χ1) is 12.0. The maximum atomic E-state index is 12.4. The number of rotatable bonds is 3. The van der Waals surface area contributed by atoms with Crippen molar-refractivity contribution in [1.29, 1.82) is 0 Å². The highest BCUT2D eigenvalue weighted by Gasteiger charge is 2.49. The zero-order valence-corrected chi connectivity index (χ0v) is 16.1. The molecule has 0 spiro atoms. The molecule has 2 saturated carbocycles. The van der Waals surface area contributed by atoms with Gasteiger partial charge >= 0.3 is 0 Å². The predicted octanol–water partition coefficient (Wildman–Crippen LogP) is 5.16. The van der Waals surface area contributed by atoms with Crippen LogP contribution in [0.5, 0.6) is 11.5 Å². The number of hydrogen-bond acceptors (Lipinski definition) is 3. The van der Waals surface area contributed by atoms with Crippen LogP contribution in [0.15, 0.2) is 18.2 Å². The van der Waals surface area contributed by atoms with Gasteiger partial charge in [-0.05, 0) is 48.3 Å². The summed E-state index contributed by atoms with van der Waals surface area (Å²) in [6.07, 6.45) is 7.55. The van der Waals surface area contributed by atoms with Crippen LogP contribution in [0.2, 0.25) is 0 Å². The number of ether oxygens (including phenoxy) is 2. The van der Waals surface area contributed by atoms with E-state index in [0.29, 0.717) is 24.0 Å². The number of carbonyl (C=O) groups excluding carboxylic acids is 1. The quantitative estimate of drug-likeness (QED) is 0.760. The fourth-order valence-electron chi connectivity index (χ4n) is 5.44. The lowest BCUT2D eigenvalue weighted by atomic mass is 9.53. The maximum Gasteiger partial charge on any atom is 0.161 e. The van der Waals surface area contributed by atoms with Crippen LogP contribution in [0.1, 0.15) is 64.4 Å². The van der Waals surface area contributed by atoms with Crippen molar-refractivity contribution in [3.63, 3.8) is 0 Å². The van der Waals surface area contributed by atoms with Crippen molar-refractivity contribution in [3.8, 4) is 11.5 Å². The number of Topliss-reactive ketones (excluding diaryl/α,β-unsaturated/α-hetero) is 1. The normalized spacial score (nSPS) is 33.1. The molecule has 0 heterocycles. The minimum absolute atomic E-state index is 0.0909. The van der Waals surface area contributed by atoms with Crippen molar-refractivity contribution < 1.29 is 14.3 Å². The Balaban J connectivity index is 2.07. The number of benzene rings is 1. The third-order valence-corrected chi connectivity index (χ3v) is 6.83. The van der Waals surface area contributed by atoms with E-state index < -0.39 is 0 Å². The van der Waals surface area contributed by atoms with Gasteiger partial charge < -0.3 is 9.47 Å². The summed E-state index contributed by atoms with van der Waals surface area (Å²) < 4.78 is 11.0. The minimum atomic E-state index is 0.0909. The van der Waals surface area contributed by atoms with Gasteiger partial charge in [0.2, 0.25) is 0 Å². The van der Waals surface area contributed by atoms with Gasteiger partial charge in [0.05, 0.1) is 14.2 Å².